The fraction of sp³-hybridized carbons (Fsp3) is 0.455. The Labute approximate surface area is 201 Å². The molecular formula is C22H28N4O7S. The van der Waals surface area contributed by atoms with Gasteiger partial charge in [0.05, 0.1) is 19.4 Å². The molecule has 0 aliphatic heterocycles. The second-order valence-electron chi connectivity index (χ2n) is 8.24. The molecule has 0 amide bonds. The quantitative estimate of drug-likeness (QED) is 0.233. The van der Waals surface area contributed by atoms with E-state index >= 15 is 0 Å². The Morgan fingerprint density at radius 1 is 1.29 bits per heavy atom. The molecule has 1 aromatic heterocycles. The summed E-state index contributed by atoms with van der Waals surface area (Å²) in [5, 5.41) is 36.5. The summed E-state index contributed by atoms with van der Waals surface area (Å²) in [4.78, 5) is 43.0. The standard InChI is InChI=1S/C22H28N4O7S/c1-3-26(33-19(29)11-22(32,20(30)31)10-18(27)28)21(34)24-13-5-7-17-15(9-13)14-8-12(23-2)4-6-16(14)25-17/h5,7,9,12,23,25,32H,3-4,6,8,10-11H2,1-2H3,(H,24,34)(H,27,28)(H,30,31). The van der Waals surface area contributed by atoms with Crippen LogP contribution < -0.4 is 10.6 Å². The predicted molar refractivity (Wildman–Crippen MR) is 127 cm³/mol. The average molecular weight is 493 g/mol. The number of aliphatic hydroxyl groups is 1. The number of carbonyl (C=O) groups is 3. The highest BCUT2D eigenvalue weighted by Gasteiger charge is 2.42. The van der Waals surface area contributed by atoms with E-state index in [-0.39, 0.29) is 11.7 Å². The number of likely N-dealkylation sites (N-methyl/N-ethyl adjacent to an activating group) is 1. The first kappa shape index (κ1) is 25.4. The van der Waals surface area contributed by atoms with Crippen LogP contribution in [0.4, 0.5) is 5.69 Å². The van der Waals surface area contributed by atoms with Gasteiger partial charge in [0, 0.05) is 28.3 Å². The fourth-order valence-electron chi connectivity index (χ4n) is 4.03. The molecule has 0 radical (unpaired) electrons. The number of hydrogen-bond donors (Lipinski definition) is 6. The molecule has 0 fully saturated rings. The number of fused-ring (bicyclic) bond motifs is 3. The van der Waals surface area contributed by atoms with Crippen LogP contribution in [0.3, 0.4) is 0 Å². The van der Waals surface area contributed by atoms with Crippen molar-refractivity contribution < 1.29 is 34.5 Å². The normalized spacial score (nSPS) is 16.9. The number of nitrogens with zero attached hydrogens (tertiary/aromatic N) is 1. The third kappa shape index (κ3) is 5.64. The molecule has 34 heavy (non-hydrogen) atoms. The highest BCUT2D eigenvalue weighted by atomic mass is 32.1. The summed E-state index contributed by atoms with van der Waals surface area (Å²) >= 11 is 5.35. The third-order valence-electron chi connectivity index (χ3n) is 5.85. The van der Waals surface area contributed by atoms with Gasteiger partial charge in [0.15, 0.2) is 5.60 Å². The number of hydroxylamine groups is 2. The largest absolute Gasteiger partial charge is 0.481 e. The van der Waals surface area contributed by atoms with E-state index in [2.05, 4.69) is 15.6 Å². The number of aryl methyl sites for hydroxylation is 1. The maximum atomic E-state index is 12.3. The monoisotopic (exact) mass is 492 g/mol. The molecule has 0 saturated heterocycles. The molecule has 2 aromatic rings. The van der Waals surface area contributed by atoms with Crippen molar-refractivity contribution in [2.75, 3.05) is 18.9 Å². The van der Waals surface area contributed by atoms with E-state index in [0.29, 0.717) is 11.7 Å². The molecule has 2 atom stereocenters. The number of anilines is 1. The number of aromatic nitrogens is 1. The van der Waals surface area contributed by atoms with Crippen molar-refractivity contribution in [3.63, 3.8) is 0 Å². The minimum Gasteiger partial charge on any atom is -0.481 e. The number of rotatable bonds is 8. The van der Waals surface area contributed by atoms with Crippen LogP contribution in [0.5, 0.6) is 0 Å². The van der Waals surface area contributed by atoms with Crippen LogP contribution in [0.1, 0.15) is 37.4 Å². The lowest BCUT2D eigenvalue weighted by Gasteiger charge is -2.25. The fourth-order valence-corrected chi connectivity index (χ4v) is 4.32. The molecule has 6 N–H and O–H groups in total. The average Bonchev–Trinajstić information content (AvgIpc) is 3.13. The number of carbonyl (C=O) groups excluding carboxylic acids is 1. The molecule has 1 aromatic carbocycles. The Balaban J connectivity index is 1.70. The second kappa shape index (κ2) is 10.4. The lowest BCUT2D eigenvalue weighted by Crippen LogP contribution is -2.45. The van der Waals surface area contributed by atoms with E-state index in [4.69, 9.17) is 27.3 Å². The van der Waals surface area contributed by atoms with Crippen molar-refractivity contribution in [3.8, 4) is 0 Å². The molecule has 184 valence electrons. The SMILES string of the molecule is CCN(OC(=O)CC(O)(CC(=O)O)C(=O)O)C(=S)Nc1ccc2[nH]c3c(c2c1)CC(NC)CC3. The number of H-pyrrole nitrogens is 1. The van der Waals surface area contributed by atoms with Gasteiger partial charge in [-0.3, -0.25) is 4.79 Å². The number of nitrogens with one attached hydrogen (secondary N) is 3. The number of hydrogen-bond acceptors (Lipinski definition) is 7. The van der Waals surface area contributed by atoms with Gasteiger partial charge in [0.1, 0.15) is 0 Å². The highest BCUT2D eigenvalue weighted by molar-refractivity contribution is 7.80. The number of aliphatic carboxylic acids is 2. The van der Waals surface area contributed by atoms with Crippen molar-refractivity contribution in [2.45, 2.75) is 50.7 Å². The number of benzene rings is 1. The summed E-state index contributed by atoms with van der Waals surface area (Å²) in [6.45, 7) is 1.79. The zero-order chi connectivity index (χ0) is 25.0. The van der Waals surface area contributed by atoms with Crippen molar-refractivity contribution in [3.05, 3.63) is 29.5 Å². The van der Waals surface area contributed by atoms with E-state index < -0.39 is 36.4 Å². The van der Waals surface area contributed by atoms with Gasteiger partial charge in [-0.2, -0.15) is 5.06 Å². The van der Waals surface area contributed by atoms with Gasteiger partial charge < -0.3 is 35.8 Å². The van der Waals surface area contributed by atoms with Crippen LogP contribution in [0.15, 0.2) is 18.2 Å². The predicted octanol–water partition coefficient (Wildman–Crippen LogP) is 1.40. The molecule has 2 unspecified atom stereocenters. The van der Waals surface area contributed by atoms with E-state index in [1.54, 1.807) is 6.92 Å². The Hall–Kier alpha value is -3.22. The maximum absolute atomic E-state index is 12.3. The van der Waals surface area contributed by atoms with Gasteiger partial charge >= 0.3 is 17.9 Å². The maximum Gasteiger partial charge on any atom is 0.336 e. The lowest BCUT2D eigenvalue weighted by molar-refractivity contribution is -0.185. The van der Waals surface area contributed by atoms with Crippen molar-refractivity contribution in [1.82, 2.24) is 15.4 Å². The molecule has 12 heteroatoms. The number of aromatic amines is 1. The zero-order valence-electron chi connectivity index (χ0n) is 18.9. The summed E-state index contributed by atoms with van der Waals surface area (Å²) in [6, 6.07) is 6.14. The van der Waals surface area contributed by atoms with Gasteiger partial charge in [-0.1, -0.05) is 0 Å². The van der Waals surface area contributed by atoms with Crippen LogP contribution in [0, 0.1) is 0 Å². The first-order valence-electron chi connectivity index (χ1n) is 10.8. The third-order valence-corrected chi connectivity index (χ3v) is 6.16. The molecule has 0 spiro atoms. The van der Waals surface area contributed by atoms with Gasteiger partial charge in [0.25, 0.3) is 0 Å². The Morgan fingerprint density at radius 3 is 2.65 bits per heavy atom. The van der Waals surface area contributed by atoms with Crippen LogP contribution in [0.25, 0.3) is 10.9 Å². The number of thiocarbonyl (C=S) groups is 1. The van der Waals surface area contributed by atoms with Crippen LogP contribution in [-0.4, -0.2) is 73.6 Å². The first-order valence-corrected chi connectivity index (χ1v) is 11.2. The summed E-state index contributed by atoms with van der Waals surface area (Å²) in [7, 11) is 1.95. The second-order valence-corrected chi connectivity index (χ2v) is 8.63. The van der Waals surface area contributed by atoms with Gasteiger partial charge in [-0.05, 0) is 69.2 Å². The van der Waals surface area contributed by atoms with E-state index in [1.807, 2.05) is 25.2 Å². The summed E-state index contributed by atoms with van der Waals surface area (Å²) in [5.41, 5.74) is 1.37. The smallest absolute Gasteiger partial charge is 0.336 e. The Morgan fingerprint density at radius 2 is 2.03 bits per heavy atom. The van der Waals surface area contributed by atoms with Crippen molar-refractivity contribution >= 4 is 51.8 Å². The lowest BCUT2D eigenvalue weighted by atomic mass is 9.91. The molecular weight excluding hydrogens is 464 g/mol. The molecule has 1 aliphatic rings. The molecule has 3 rings (SSSR count). The van der Waals surface area contributed by atoms with Gasteiger partial charge in [0.2, 0.25) is 5.11 Å². The molecule has 0 bridgehead atoms. The van der Waals surface area contributed by atoms with E-state index in [9.17, 15) is 19.5 Å². The van der Waals surface area contributed by atoms with Crippen molar-refractivity contribution in [1.29, 1.82) is 0 Å². The van der Waals surface area contributed by atoms with Crippen molar-refractivity contribution in [2.24, 2.45) is 0 Å². The summed E-state index contributed by atoms with van der Waals surface area (Å²) in [6.07, 6.45) is 0.720. The first-order chi connectivity index (χ1) is 16.1. The topological polar surface area (TPSA) is 164 Å². The zero-order valence-corrected chi connectivity index (χ0v) is 19.7. The van der Waals surface area contributed by atoms with E-state index in [1.165, 1.54) is 11.3 Å². The number of carboxylic acids is 2. The van der Waals surface area contributed by atoms with Crippen LogP contribution in [-0.2, 0) is 32.1 Å². The number of carboxylic acid groups (broad SMARTS) is 2. The minimum atomic E-state index is -2.79. The van der Waals surface area contributed by atoms with Crippen LogP contribution in [0.2, 0.25) is 0 Å². The Kier molecular flexibility index (Phi) is 7.75. The van der Waals surface area contributed by atoms with Gasteiger partial charge in [-0.25, -0.2) is 9.59 Å². The van der Waals surface area contributed by atoms with E-state index in [0.717, 1.165) is 35.2 Å². The Bertz CT molecular complexity index is 1120. The minimum absolute atomic E-state index is 0.0461. The highest BCUT2D eigenvalue weighted by Crippen LogP contribution is 2.31. The molecule has 1 heterocycles. The molecule has 1 aliphatic carbocycles. The summed E-state index contributed by atoms with van der Waals surface area (Å²) in [5.74, 6) is -4.53. The summed E-state index contributed by atoms with van der Waals surface area (Å²) < 4.78 is 0. The molecule has 11 nitrogen and oxygen atoms in total. The van der Waals surface area contributed by atoms with Crippen LogP contribution >= 0.6 is 12.2 Å². The van der Waals surface area contributed by atoms with Gasteiger partial charge in [-0.15, -0.1) is 0 Å². The molecule has 0 saturated carbocycles.